The van der Waals surface area contributed by atoms with Gasteiger partial charge < -0.3 is 5.32 Å². The van der Waals surface area contributed by atoms with E-state index >= 15 is 0 Å². The molecule has 2 amide bonds. The summed E-state index contributed by atoms with van der Waals surface area (Å²) in [5.74, 6) is -0.927. The number of nitrogens with one attached hydrogen (secondary N) is 1. The second-order valence-corrected chi connectivity index (χ2v) is 8.09. The average Bonchev–Trinajstić information content (AvgIpc) is 3.01. The van der Waals surface area contributed by atoms with Gasteiger partial charge in [0.1, 0.15) is 4.90 Å². The topological polar surface area (TPSA) is 101 Å². The minimum Gasteiger partial charge on any atom is -0.349 e. The molecule has 2 aromatic rings. The molecule has 1 aromatic carbocycles. The summed E-state index contributed by atoms with van der Waals surface area (Å²) in [6.45, 7) is 3.49. The van der Waals surface area contributed by atoms with E-state index in [0.29, 0.717) is 0 Å². The number of benzene rings is 1. The molecule has 3 rings (SSSR count). The van der Waals surface area contributed by atoms with Crippen molar-refractivity contribution < 1.29 is 18.0 Å². The lowest BCUT2D eigenvalue weighted by Gasteiger charge is -2.17. The first-order chi connectivity index (χ1) is 12.2. The van der Waals surface area contributed by atoms with Gasteiger partial charge in [-0.2, -0.15) is 5.10 Å². The van der Waals surface area contributed by atoms with Gasteiger partial charge in [-0.3, -0.25) is 14.3 Å². The molecule has 0 fully saturated rings. The molecule has 0 bridgehead atoms. The fraction of sp³-hybridized carbons (Fsp3) is 0.353. The highest BCUT2D eigenvalue weighted by Crippen LogP contribution is 2.29. The molecular weight excluding hydrogens is 356 g/mol. The third-order valence-corrected chi connectivity index (χ3v) is 6.19. The maximum atomic E-state index is 12.5. The van der Waals surface area contributed by atoms with E-state index in [2.05, 4.69) is 10.4 Å². The number of nitrogens with zero attached hydrogens (tertiary/aromatic N) is 3. The summed E-state index contributed by atoms with van der Waals surface area (Å²) in [5.41, 5.74) is 1.85. The zero-order valence-electron chi connectivity index (χ0n) is 14.8. The Kier molecular flexibility index (Phi) is 4.57. The molecule has 2 heterocycles. The molecule has 1 atom stereocenters. The Hall–Kier alpha value is -2.68. The van der Waals surface area contributed by atoms with Crippen molar-refractivity contribution in [3.05, 3.63) is 47.3 Å². The molecule has 0 spiro atoms. The third kappa shape index (κ3) is 3.10. The summed E-state index contributed by atoms with van der Waals surface area (Å²) in [6, 6.07) is 5.79. The fourth-order valence-corrected chi connectivity index (χ4v) is 4.66. The quantitative estimate of drug-likeness (QED) is 0.843. The highest BCUT2D eigenvalue weighted by molar-refractivity contribution is 7.90. The van der Waals surface area contributed by atoms with E-state index in [1.54, 1.807) is 23.9 Å². The molecule has 0 saturated carbocycles. The zero-order valence-corrected chi connectivity index (χ0v) is 15.6. The number of aromatic nitrogens is 2. The van der Waals surface area contributed by atoms with Crippen LogP contribution in [0, 0.1) is 6.92 Å². The predicted octanol–water partition coefficient (Wildman–Crippen LogP) is 1.14. The number of aryl methyl sites for hydroxylation is 2. The van der Waals surface area contributed by atoms with Gasteiger partial charge >= 0.3 is 0 Å². The van der Waals surface area contributed by atoms with Gasteiger partial charge in [0.25, 0.3) is 15.9 Å². The van der Waals surface area contributed by atoms with Gasteiger partial charge in [-0.25, -0.2) is 12.7 Å². The van der Waals surface area contributed by atoms with E-state index in [1.807, 2.05) is 20.0 Å². The smallest absolute Gasteiger partial charge is 0.269 e. The van der Waals surface area contributed by atoms with Crippen LogP contribution in [0.5, 0.6) is 0 Å². The average molecular weight is 376 g/mol. The number of rotatable bonds is 5. The second-order valence-electron chi connectivity index (χ2n) is 6.26. The standard InChI is InChI=1S/C17H20N4O4S/c1-11(14-10-20(3)19-12(14)2)18-16(22)8-9-21-17(23)13-6-4-5-7-15(13)26(21,24)25/h4-7,10-11H,8-9H2,1-3H3,(H,18,22)/t11-/m1/s1. The van der Waals surface area contributed by atoms with E-state index in [9.17, 15) is 18.0 Å². The molecule has 1 aliphatic heterocycles. The fourth-order valence-electron chi connectivity index (χ4n) is 3.09. The summed E-state index contributed by atoms with van der Waals surface area (Å²) >= 11 is 0. The molecule has 9 heteroatoms. The lowest BCUT2D eigenvalue weighted by atomic mass is 10.1. The van der Waals surface area contributed by atoms with Gasteiger partial charge in [0.05, 0.1) is 17.3 Å². The van der Waals surface area contributed by atoms with Crippen molar-refractivity contribution in [2.24, 2.45) is 7.05 Å². The van der Waals surface area contributed by atoms with Crippen LogP contribution in [0.4, 0.5) is 0 Å². The Labute approximate surface area is 151 Å². The molecule has 8 nitrogen and oxygen atoms in total. The highest BCUT2D eigenvalue weighted by atomic mass is 32.2. The normalized spacial score (nSPS) is 16.4. The Morgan fingerprint density at radius 1 is 1.31 bits per heavy atom. The Bertz CT molecular complexity index is 980. The summed E-state index contributed by atoms with van der Waals surface area (Å²) in [6.07, 6.45) is 1.72. The first kappa shape index (κ1) is 18.1. The Morgan fingerprint density at radius 2 is 2.00 bits per heavy atom. The number of fused-ring (bicyclic) bond motifs is 1. The van der Waals surface area contributed by atoms with Gasteiger partial charge in [0.15, 0.2) is 0 Å². The molecule has 1 N–H and O–H groups in total. The first-order valence-corrected chi connectivity index (χ1v) is 9.61. The summed E-state index contributed by atoms with van der Waals surface area (Å²) in [4.78, 5) is 24.5. The number of carbonyl (C=O) groups excluding carboxylic acids is 2. The number of amides is 2. The van der Waals surface area contributed by atoms with Crippen LogP contribution >= 0.6 is 0 Å². The van der Waals surface area contributed by atoms with Crippen molar-refractivity contribution in [1.29, 1.82) is 0 Å². The molecule has 0 unspecified atom stereocenters. The van der Waals surface area contributed by atoms with E-state index in [-0.39, 0.29) is 35.4 Å². The Morgan fingerprint density at radius 3 is 2.62 bits per heavy atom. The summed E-state index contributed by atoms with van der Waals surface area (Å²) in [5, 5.41) is 7.05. The van der Waals surface area contributed by atoms with Crippen LogP contribution in [-0.4, -0.2) is 40.9 Å². The van der Waals surface area contributed by atoms with Gasteiger partial charge in [-0.15, -0.1) is 0 Å². The lowest BCUT2D eigenvalue weighted by Crippen LogP contribution is -2.35. The monoisotopic (exact) mass is 376 g/mol. The van der Waals surface area contributed by atoms with E-state index < -0.39 is 15.9 Å². The predicted molar refractivity (Wildman–Crippen MR) is 93.8 cm³/mol. The van der Waals surface area contributed by atoms with Gasteiger partial charge in [-0.05, 0) is 26.0 Å². The van der Waals surface area contributed by atoms with Crippen LogP contribution in [0.2, 0.25) is 0 Å². The summed E-state index contributed by atoms with van der Waals surface area (Å²) < 4.78 is 27.3. The number of carbonyl (C=O) groups is 2. The van der Waals surface area contributed by atoms with Crippen molar-refractivity contribution in [3.8, 4) is 0 Å². The summed E-state index contributed by atoms with van der Waals surface area (Å²) in [7, 11) is -2.09. The molecule has 0 aliphatic carbocycles. The van der Waals surface area contributed by atoms with Crippen molar-refractivity contribution >= 4 is 21.8 Å². The molecule has 26 heavy (non-hydrogen) atoms. The second kappa shape index (κ2) is 6.56. The van der Waals surface area contributed by atoms with Crippen LogP contribution < -0.4 is 5.32 Å². The van der Waals surface area contributed by atoms with E-state index in [4.69, 9.17) is 0 Å². The van der Waals surface area contributed by atoms with Crippen molar-refractivity contribution in [2.45, 2.75) is 31.2 Å². The van der Waals surface area contributed by atoms with Crippen molar-refractivity contribution in [3.63, 3.8) is 0 Å². The van der Waals surface area contributed by atoms with Crippen LogP contribution in [0.15, 0.2) is 35.4 Å². The minimum atomic E-state index is -3.88. The molecular formula is C17H20N4O4S. The van der Waals surface area contributed by atoms with Gasteiger partial charge in [0, 0.05) is 31.8 Å². The molecule has 1 aliphatic rings. The number of hydrogen-bond acceptors (Lipinski definition) is 5. The lowest BCUT2D eigenvalue weighted by molar-refractivity contribution is -0.121. The number of sulfonamides is 1. The van der Waals surface area contributed by atoms with E-state index in [1.165, 1.54) is 12.1 Å². The maximum absolute atomic E-state index is 12.5. The van der Waals surface area contributed by atoms with Crippen LogP contribution in [0.25, 0.3) is 0 Å². The molecule has 1 aromatic heterocycles. The van der Waals surface area contributed by atoms with E-state index in [0.717, 1.165) is 15.6 Å². The molecule has 0 radical (unpaired) electrons. The van der Waals surface area contributed by atoms with Crippen molar-refractivity contribution in [2.75, 3.05) is 6.54 Å². The third-order valence-electron chi connectivity index (χ3n) is 4.35. The minimum absolute atomic E-state index is 0.00948. The Balaban J connectivity index is 1.65. The number of hydrogen-bond donors (Lipinski definition) is 1. The largest absolute Gasteiger partial charge is 0.349 e. The van der Waals surface area contributed by atoms with Crippen molar-refractivity contribution in [1.82, 2.24) is 19.4 Å². The molecule has 0 saturated heterocycles. The molecule has 138 valence electrons. The highest BCUT2D eigenvalue weighted by Gasteiger charge is 2.40. The van der Waals surface area contributed by atoms with Crippen LogP contribution in [-0.2, 0) is 21.9 Å². The SMILES string of the molecule is Cc1nn(C)cc1[C@@H](C)NC(=O)CCN1C(=O)c2ccccc2S1(=O)=O. The van der Waals surface area contributed by atoms with Gasteiger partial charge in [-0.1, -0.05) is 12.1 Å². The zero-order chi connectivity index (χ0) is 19.1. The van der Waals surface area contributed by atoms with Gasteiger partial charge in [0.2, 0.25) is 5.91 Å². The first-order valence-electron chi connectivity index (χ1n) is 8.17. The van der Waals surface area contributed by atoms with Crippen LogP contribution in [0.3, 0.4) is 0 Å². The maximum Gasteiger partial charge on any atom is 0.269 e. The van der Waals surface area contributed by atoms with Crippen LogP contribution in [0.1, 0.15) is 41.0 Å².